The number of rotatable bonds is 6. The molecule has 0 bridgehead atoms. The minimum absolute atomic E-state index is 0.119. The van der Waals surface area contributed by atoms with Crippen LogP contribution in [0.3, 0.4) is 0 Å². The maximum absolute atomic E-state index is 13.2. The van der Waals surface area contributed by atoms with Crippen LogP contribution in [0.1, 0.15) is 44.7 Å². The Balaban J connectivity index is 1.70. The highest BCUT2D eigenvalue weighted by molar-refractivity contribution is 5.90. The Morgan fingerprint density at radius 3 is 2.59 bits per heavy atom. The highest BCUT2D eigenvalue weighted by atomic mass is 16.6. The van der Waals surface area contributed by atoms with E-state index in [1.54, 1.807) is 20.8 Å². The van der Waals surface area contributed by atoms with E-state index in [1.807, 2.05) is 24.3 Å². The zero-order valence-electron chi connectivity index (χ0n) is 19.7. The van der Waals surface area contributed by atoms with Crippen molar-refractivity contribution in [2.24, 2.45) is 5.92 Å². The van der Waals surface area contributed by atoms with Crippen LogP contribution in [0.15, 0.2) is 24.3 Å². The van der Waals surface area contributed by atoms with Crippen LogP contribution in [0.25, 0.3) is 0 Å². The Morgan fingerprint density at radius 2 is 1.97 bits per heavy atom. The summed E-state index contributed by atoms with van der Waals surface area (Å²) in [6.07, 6.45) is 0.386. The van der Waals surface area contributed by atoms with Gasteiger partial charge in [0.2, 0.25) is 17.7 Å². The topological polar surface area (TPSA) is 141 Å². The second kappa shape index (κ2) is 10.5. The van der Waals surface area contributed by atoms with Crippen LogP contribution in [0.4, 0.5) is 4.79 Å². The second-order valence-corrected chi connectivity index (χ2v) is 9.57. The van der Waals surface area contributed by atoms with Crippen molar-refractivity contribution in [2.75, 3.05) is 13.1 Å². The summed E-state index contributed by atoms with van der Waals surface area (Å²) in [4.78, 5) is 51.5. The van der Waals surface area contributed by atoms with Gasteiger partial charge >= 0.3 is 6.09 Å². The molecule has 1 aromatic rings. The van der Waals surface area contributed by atoms with Crippen molar-refractivity contribution in [3.8, 4) is 6.07 Å². The average Bonchev–Trinajstić information content (AvgIpc) is 3.19. The normalized spacial score (nSPS) is 20.4. The molecule has 34 heavy (non-hydrogen) atoms. The summed E-state index contributed by atoms with van der Waals surface area (Å²) in [5.74, 6) is -1.35. The minimum Gasteiger partial charge on any atom is -0.444 e. The summed E-state index contributed by atoms with van der Waals surface area (Å²) in [5.41, 5.74) is 1.15. The van der Waals surface area contributed by atoms with Gasteiger partial charge in [-0.3, -0.25) is 14.4 Å². The zero-order chi connectivity index (χ0) is 24.9. The smallest absolute Gasteiger partial charge is 0.408 e. The molecule has 182 valence electrons. The second-order valence-electron chi connectivity index (χ2n) is 9.57. The first-order chi connectivity index (χ1) is 16.1. The Morgan fingerprint density at radius 1 is 1.26 bits per heavy atom. The van der Waals surface area contributed by atoms with Crippen LogP contribution in [-0.4, -0.2) is 59.5 Å². The molecular formula is C24H31N5O5. The molecule has 2 aliphatic heterocycles. The van der Waals surface area contributed by atoms with Gasteiger partial charge in [0.15, 0.2) is 0 Å². The van der Waals surface area contributed by atoms with Gasteiger partial charge in [0.25, 0.3) is 0 Å². The van der Waals surface area contributed by atoms with Crippen LogP contribution in [-0.2, 0) is 32.1 Å². The number of alkyl carbamates (subject to hydrolysis) is 1. The lowest BCUT2D eigenvalue weighted by molar-refractivity contribution is -0.141. The number of nitriles is 1. The standard InChI is InChI=1S/C24H31N5O5/c1-24(2,3)34-23(33)27-13-20(30)29-14-17-7-5-4-6-15(17)11-19(29)22(32)28-18(12-25)10-16-8-9-26-21(16)31/h4-7,16,18-19H,8-11,13-14H2,1-3H3,(H,26,31)(H,27,33)(H,28,32). The van der Waals surface area contributed by atoms with E-state index in [1.165, 1.54) is 4.90 Å². The third kappa shape index (κ3) is 6.47. The van der Waals surface area contributed by atoms with Crippen molar-refractivity contribution in [3.63, 3.8) is 0 Å². The summed E-state index contributed by atoms with van der Waals surface area (Å²) in [7, 11) is 0. The van der Waals surface area contributed by atoms with Crippen LogP contribution >= 0.6 is 0 Å². The summed E-state index contributed by atoms with van der Waals surface area (Å²) in [6, 6.07) is 7.88. The number of carbonyl (C=O) groups is 4. The summed E-state index contributed by atoms with van der Waals surface area (Å²) < 4.78 is 5.18. The summed E-state index contributed by atoms with van der Waals surface area (Å²) in [5, 5.41) is 17.4. The van der Waals surface area contributed by atoms with Crippen molar-refractivity contribution < 1.29 is 23.9 Å². The van der Waals surface area contributed by atoms with Crippen molar-refractivity contribution >= 4 is 23.8 Å². The third-order valence-electron chi connectivity index (χ3n) is 5.81. The van der Waals surface area contributed by atoms with Gasteiger partial charge in [-0.25, -0.2) is 4.79 Å². The number of carbonyl (C=O) groups excluding carboxylic acids is 4. The maximum Gasteiger partial charge on any atom is 0.408 e. The molecule has 1 aromatic carbocycles. The quantitative estimate of drug-likeness (QED) is 0.568. The number of hydrogen-bond donors (Lipinski definition) is 3. The van der Waals surface area contributed by atoms with Gasteiger partial charge < -0.3 is 25.6 Å². The van der Waals surface area contributed by atoms with E-state index in [2.05, 4.69) is 22.0 Å². The van der Waals surface area contributed by atoms with Crippen molar-refractivity contribution in [1.82, 2.24) is 20.9 Å². The maximum atomic E-state index is 13.2. The zero-order valence-corrected chi connectivity index (χ0v) is 19.7. The van der Waals surface area contributed by atoms with Gasteiger partial charge in [-0.1, -0.05) is 24.3 Å². The van der Waals surface area contributed by atoms with Crippen molar-refractivity contribution in [2.45, 2.75) is 64.3 Å². The van der Waals surface area contributed by atoms with Gasteiger partial charge in [-0.15, -0.1) is 0 Å². The Bertz CT molecular complexity index is 996. The molecule has 3 unspecified atom stereocenters. The first kappa shape index (κ1) is 25.0. The van der Waals surface area contributed by atoms with E-state index in [0.717, 1.165) is 11.1 Å². The molecule has 0 spiro atoms. The largest absolute Gasteiger partial charge is 0.444 e. The summed E-state index contributed by atoms with van der Waals surface area (Å²) >= 11 is 0. The fourth-order valence-corrected chi connectivity index (χ4v) is 4.15. The number of nitrogens with zero attached hydrogens (tertiary/aromatic N) is 2. The molecule has 4 amide bonds. The van der Waals surface area contributed by atoms with E-state index in [4.69, 9.17) is 4.74 Å². The highest BCUT2D eigenvalue weighted by Gasteiger charge is 2.36. The molecule has 0 aromatic heterocycles. The lowest BCUT2D eigenvalue weighted by Gasteiger charge is -2.36. The van der Waals surface area contributed by atoms with Crippen LogP contribution in [0, 0.1) is 17.2 Å². The SMILES string of the molecule is CC(C)(C)OC(=O)NCC(=O)N1Cc2ccccc2CC1C(=O)NC(C#N)CC1CCNC1=O. The van der Waals surface area contributed by atoms with Gasteiger partial charge in [0, 0.05) is 25.4 Å². The van der Waals surface area contributed by atoms with Crippen LogP contribution < -0.4 is 16.0 Å². The van der Waals surface area contributed by atoms with E-state index in [-0.39, 0.29) is 37.8 Å². The number of fused-ring (bicyclic) bond motifs is 1. The molecule has 10 nitrogen and oxygen atoms in total. The number of hydrogen-bond acceptors (Lipinski definition) is 6. The Hall–Kier alpha value is -3.61. The number of amides is 4. The molecule has 0 radical (unpaired) electrons. The monoisotopic (exact) mass is 469 g/mol. The molecule has 1 fully saturated rings. The molecule has 0 aliphatic carbocycles. The minimum atomic E-state index is -0.852. The van der Waals surface area contributed by atoms with Gasteiger partial charge in [0.1, 0.15) is 24.2 Å². The van der Waals surface area contributed by atoms with Crippen molar-refractivity contribution in [1.29, 1.82) is 5.26 Å². The molecule has 2 heterocycles. The molecule has 3 atom stereocenters. The average molecular weight is 470 g/mol. The first-order valence-electron chi connectivity index (χ1n) is 11.4. The molecular weight excluding hydrogens is 438 g/mol. The lowest BCUT2D eigenvalue weighted by Crippen LogP contribution is -2.56. The Labute approximate surface area is 199 Å². The van der Waals surface area contributed by atoms with Crippen molar-refractivity contribution in [3.05, 3.63) is 35.4 Å². The fourth-order valence-electron chi connectivity index (χ4n) is 4.15. The Kier molecular flexibility index (Phi) is 7.76. The predicted molar refractivity (Wildman–Crippen MR) is 122 cm³/mol. The van der Waals surface area contributed by atoms with Crippen LogP contribution in [0.2, 0.25) is 0 Å². The fraction of sp³-hybridized carbons (Fsp3) is 0.542. The summed E-state index contributed by atoms with van der Waals surface area (Å²) in [6.45, 7) is 5.59. The highest BCUT2D eigenvalue weighted by Crippen LogP contribution is 2.24. The van der Waals surface area contributed by atoms with E-state index in [9.17, 15) is 24.4 Å². The van der Waals surface area contributed by atoms with E-state index >= 15 is 0 Å². The molecule has 3 N–H and O–H groups in total. The van der Waals surface area contributed by atoms with Crippen LogP contribution in [0.5, 0.6) is 0 Å². The lowest BCUT2D eigenvalue weighted by atomic mass is 9.92. The number of benzene rings is 1. The third-order valence-corrected chi connectivity index (χ3v) is 5.81. The number of nitrogens with one attached hydrogen (secondary N) is 3. The van der Waals surface area contributed by atoms with E-state index < -0.39 is 35.6 Å². The number of ether oxygens (including phenoxy) is 1. The first-order valence-corrected chi connectivity index (χ1v) is 11.4. The van der Waals surface area contributed by atoms with Gasteiger partial charge in [-0.2, -0.15) is 5.26 Å². The predicted octanol–water partition coefficient (Wildman–Crippen LogP) is 0.999. The molecule has 2 aliphatic rings. The van der Waals surface area contributed by atoms with E-state index in [0.29, 0.717) is 13.0 Å². The van der Waals surface area contributed by atoms with Gasteiger partial charge in [0.05, 0.1) is 6.07 Å². The molecule has 0 saturated carbocycles. The van der Waals surface area contributed by atoms with Gasteiger partial charge in [-0.05, 0) is 44.7 Å². The molecule has 1 saturated heterocycles. The molecule has 3 rings (SSSR count). The molecule has 10 heteroatoms.